The molecule has 1 amide bonds. The van der Waals surface area contributed by atoms with Gasteiger partial charge in [0, 0.05) is 13.1 Å². The smallest absolute Gasteiger partial charge is 0.341 e. The molecule has 1 aromatic heterocycles. The number of aromatic nitrogens is 2. The maximum Gasteiger partial charge on any atom is 0.341 e. The van der Waals surface area contributed by atoms with Crippen molar-refractivity contribution in [3.8, 4) is 0 Å². The Morgan fingerprint density at radius 2 is 1.68 bits per heavy atom. The lowest BCUT2D eigenvalue weighted by molar-refractivity contribution is 0.102. The van der Waals surface area contributed by atoms with Crippen molar-refractivity contribution < 1.29 is 22.0 Å². The van der Waals surface area contributed by atoms with Gasteiger partial charge in [0.25, 0.3) is 5.91 Å². The van der Waals surface area contributed by atoms with Crippen molar-refractivity contribution in [3.63, 3.8) is 0 Å². The molecule has 10 heteroatoms. The van der Waals surface area contributed by atoms with E-state index in [0.717, 1.165) is 32.0 Å². The Balaban J connectivity index is 1.92. The van der Waals surface area contributed by atoms with Gasteiger partial charge < -0.3 is 10.2 Å². The number of alkyl halides is 2. The van der Waals surface area contributed by atoms with Crippen LogP contribution in [0.25, 0.3) is 0 Å². The van der Waals surface area contributed by atoms with Gasteiger partial charge >= 0.3 is 5.76 Å². The highest BCUT2D eigenvalue weighted by molar-refractivity contribution is 7.91. The zero-order valence-electron chi connectivity index (χ0n) is 15.4. The van der Waals surface area contributed by atoms with Crippen LogP contribution < -0.4 is 10.2 Å². The number of amides is 1. The zero-order valence-corrected chi connectivity index (χ0v) is 16.3. The molecule has 2 aromatic rings. The molecule has 2 heterocycles. The van der Waals surface area contributed by atoms with Gasteiger partial charge in [0.15, 0.2) is 0 Å². The quantitative estimate of drug-likeness (QED) is 0.815. The minimum absolute atomic E-state index is 0.331. The second-order valence-electron chi connectivity index (χ2n) is 6.52. The number of benzene rings is 1. The van der Waals surface area contributed by atoms with Crippen LogP contribution in [0.2, 0.25) is 0 Å². The molecule has 3 rings (SSSR count). The van der Waals surface area contributed by atoms with Crippen LogP contribution in [0.5, 0.6) is 0 Å². The second kappa shape index (κ2) is 7.78. The molecule has 1 aromatic carbocycles. The Hall–Kier alpha value is -2.62. The van der Waals surface area contributed by atoms with Crippen LogP contribution >= 0.6 is 0 Å². The molecule has 1 N–H and O–H groups in total. The van der Waals surface area contributed by atoms with Crippen molar-refractivity contribution in [3.05, 3.63) is 41.2 Å². The molecule has 1 fully saturated rings. The number of carbonyl (C=O) groups excluding carboxylic acids is 1. The molecule has 0 radical (unpaired) electrons. The number of carbonyl (C=O) groups is 1. The van der Waals surface area contributed by atoms with Crippen molar-refractivity contribution in [2.75, 3.05) is 23.3 Å². The lowest BCUT2D eigenvalue weighted by Gasteiger charge is -2.19. The molecule has 1 saturated heterocycles. The number of rotatable bonds is 5. The second-order valence-corrected chi connectivity index (χ2v) is 8.41. The lowest BCUT2D eigenvalue weighted by atomic mass is 10.2. The summed E-state index contributed by atoms with van der Waals surface area (Å²) in [5, 5.41) is 2.57. The average molecular weight is 410 g/mol. The molecule has 28 heavy (non-hydrogen) atoms. The van der Waals surface area contributed by atoms with E-state index < -0.39 is 26.4 Å². The SMILES string of the molecule is Cc1nc(N2CCCC2)nc(C)c1NC(=O)c1ccccc1S(=O)(=O)C(F)F. The van der Waals surface area contributed by atoms with Crippen LogP contribution in [0.4, 0.5) is 20.4 Å². The standard InChI is InChI=1S/C18H20F2N4O3S/c1-11-15(12(2)22-18(21-11)24-9-5-6-10-24)23-16(25)13-7-3-4-8-14(13)28(26,27)17(19)20/h3-4,7-8,17H,5-6,9-10H2,1-2H3,(H,23,25). The average Bonchev–Trinajstić information content (AvgIpc) is 3.19. The number of sulfone groups is 1. The summed E-state index contributed by atoms with van der Waals surface area (Å²) >= 11 is 0. The zero-order chi connectivity index (χ0) is 20.5. The molecule has 0 aliphatic carbocycles. The first-order valence-electron chi connectivity index (χ1n) is 8.74. The molecule has 0 spiro atoms. The molecule has 150 valence electrons. The van der Waals surface area contributed by atoms with E-state index in [2.05, 4.69) is 20.2 Å². The minimum atomic E-state index is -4.91. The topological polar surface area (TPSA) is 92.3 Å². The summed E-state index contributed by atoms with van der Waals surface area (Å²) in [6.45, 7) is 5.13. The third kappa shape index (κ3) is 3.82. The normalized spacial score (nSPS) is 14.5. The van der Waals surface area contributed by atoms with Crippen LogP contribution in [-0.4, -0.2) is 43.1 Å². The molecule has 7 nitrogen and oxygen atoms in total. The lowest BCUT2D eigenvalue weighted by Crippen LogP contribution is -2.23. The summed E-state index contributed by atoms with van der Waals surface area (Å²) in [6, 6.07) is 4.88. The Labute approximate surface area is 161 Å². The van der Waals surface area contributed by atoms with E-state index in [1.54, 1.807) is 13.8 Å². The Morgan fingerprint density at radius 3 is 2.25 bits per heavy atom. The van der Waals surface area contributed by atoms with Crippen LogP contribution in [-0.2, 0) is 9.84 Å². The Bertz CT molecular complexity index is 983. The van der Waals surface area contributed by atoms with Crippen LogP contribution in [0, 0.1) is 13.8 Å². The van der Waals surface area contributed by atoms with Gasteiger partial charge in [-0.1, -0.05) is 12.1 Å². The predicted octanol–water partition coefficient (Wildman–Crippen LogP) is 2.94. The maximum absolute atomic E-state index is 12.9. The summed E-state index contributed by atoms with van der Waals surface area (Å²) < 4.78 is 49.6. The molecule has 1 aliphatic heterocycles. The summed E-state index contributed by atoms with van der Waals surface area (Å²) in [6.07, 6.45) is 2.13. The molecule has 1 aliphatic rings. The Morgan fingerprint density at radius 1 is 1.11 bits per heavy atom. The van der Waals surface area contributed by atoms with E-state index in [0.29, 0.717) is 23.0 Å². The number of hydrogen-bond donors (Lipinski definition) is 1. The van der Waals surface area contributed by atoms with Crippen molar-refractivity contribution >= 4 is 27.4 Å². The van der Waals surface area contributed by atoms with Gasteiger partial charge in [-0.15, -0.1) is 0 Å². The fourth-order valence-corrected chi connectivity index (χ4v) is 4.04. The number of anilines is 2. The van der Waals surface area contributed by atoms with E-state index in [1.807, 2.05) is 0 Å². The van der Waals surface area contributed by atoms with Gasteiger partial charge in [0.05, 0.1) is 27.5 Å². The Kier molecular flexibility index (Phi) is 5.59. The van der Waals surface area contributed by atoms with E-state index >= 15 is 0 Å². The summed E-state index contributed by atoms with van der Waals surface area (Å²) in [5.41, 5.74) is 0.997. The third-order valence-electron chi connectivity index (χ3n) is 4.56. The molecular weight excluding hydrogens is 390 g/mol. The largest absolute Gasteiger partial charge is 0.341 e. The molecular formula is C18H20F2N4O3S. The van der Waals surface area contributed by atoms with Crippen molar-refractivity contribution in [2.24, 2.45) is 0 Å². The van der Waals surface area contributed by atoms with Crippen LogP contribution in [0.3, 0.4) is 0 Å². The van der Waals surface area contributed by atoms with E-state index in [1.165, 1.54) is 18.2 Å². The summed E-state index contributed by atoms with van der Waals surface area (Å²) in [4.78, 5) is 22.8. The highest BCUT2D eigenvalue weighted by atomic mass is 32.2. The number of nitrogens with zero attached hydrogens (tertiary/aromatic N) is 3. The van der Waals surface area contributed by atoms with Crippen molar-refractivity contribution in [2.45, 2.75) is 37.3 Å². The highest BCUT2D eigenvalue weighted by Crippen LogP contribution is 2.26. The number of nitrogens with one attached hydrogen (secondary N) is 1. The first kappa shape index (κ1) is 20.1. The van der Waals surface area contributed by atoms with Crippen LogP contribution in [0.1, 0.15) is 34.6 Å². The van der Waals surface area contributed by atoms with Gasteiger partial charge in [0.1, 0.15) is 0 Å². The fraction of sp³-hybridized carbons (Fsp3) is 0.389. The fourth-order valence-electron chi connectivity index (χ4n) is 3.12. The number of aryl methyl sites for hydroxylation is 2. The third-order valence-corrected chi connectivity index (χ3v) is 6.00. The summed E-state index contributed by atoms with van der Waals surface area (Å²) in [7, 11) is -4.91. The van der Waals surface area contributed by atoms with Crippen LogP contribution in [0.15, 0.2) is 29.2 Å². The number of hydrogen-bond acceptors (Lipinski definition) is 6. The first-order valence-corrected chi connectivity index (χ1v) is 10.3. The first-order chi connectivity index (χ1) is 13.2. The van der Waals surface area contributed by atoms with Gasteiger partial charge in [0.2, 0.25) is 15.8 Å². The van der Waals surface area contributed by atoms with E-state index in [9.17, 15) is 22.0 Å². The van der Waals surface area contributed by atoms with E-state index in [4.69, 9.17) is 0 Å². The molecule has 0 unspecified atom stereocenters. The molecule has 0 atom stereocenters. The van der Waals surface area contributed by atoms with E-state index in [-0.39, 0.29) is 5.56 Å². The highest BCUT2D eigenvalue weighted by Gasteiger charge is 2.31. The van der Waals surface area contributed by atoms with Gasteiger partial charge in [-0.2, -0.15) is 8.78 Å². The van der Waals surface area contributed by atoms with Gasteiger partial charge in [-0.05, 0) is 38.8 Å². The maximum atomic E-state index is 12.9. The van der Waals surface area contributed by atoms with Gasteiger partial charge in [-0.3, -0.25) is 4.79 Å². The number of halogens is 2. The monoisotopic (exact) mass is 410 g/mol. The minimum Gasteiger partial charge on any atom is -0.341 e. The van der Waals surface area contributed by atoms with Crippen molar-refractivity contribution in [1.29, 1.82) is 0 Å². The predicted molar refractivity (Wildman–Crippen MR) is 101 cm³/mol. The molecule has 0 saturated carbocycles. The molecule has 0 bridgehead atoms. The summed E-state index contributed by atoms with van der Waals surface area (Å²) in [5.74, 6) is -3.86. The van der Waals surface area contributed by atoms with Gasteiger partial charge in [-0.25, -0.2) is 18.4 Å². The van der Waals surface area contributed by atoms with Crippen molar-refractivity contribution in [1.82, 2.24) is 9.97 Å².